The van der Waals surface area contributed by atoms with Crippen LogP contribution in [0.2, 0.25) is 0 Å². The minimum absolute atomic E-state index is 0. The molecule has 0 radical (unpaired) electrons. The summed E-state index contributed by atoms with van der Waals surface area (Å²) in [6, 6.07) is 10.3. The molecule has 3 aromatic rings. The molecule has 0 unspecified atom stereocenters. The first-order chi connectivity index (χ1) is 12.4. The van der Waals surface area contributed by atoms with Crippen molar-refractivity contribution in [1.29, 1.82) is 0 Å². The van der Waals surface area contributed by atoms with Gasteiger partial charge in [0.25, 0.3) is 0 Å². The van der Waals surface area contributed by atoms with E-state index in [0.29, 0.717) is 28.4 Å². The number of hydrogen-bond donors (Lipinski definition) is 0. The Morgan fingerprint density at radius 1 is 1.04 bits per heavy atom. The molecule has 3 rings (SSSR count). The normalized spacial score (nSPS) is 10.9. The molecule has 0 N–H and O–H groups in total. The van der Waals surface area contributed by atoms with E-state index in [2.05, 4.69) is 4.98 Å². The maximum absolute atomic E-state index is 13.4. The van der Waals surface area contributed by atoms with Gasteiger partial charge in [0.15, 0.2) is 5.13 Å². The van der Waals surface area contributed by atoms with Gasteiger partial charge in [-0.05, 0) is 50.0 Å². The third-order valence-corrected chi connectivity index (χ3v) is 4.95. The second-order valence-electron chi connectivity index (χ2n) is 6.26. The van der Waals surface area contributed by atoms with Crippen molar-refractivity contribution >= 4 is 45.0 Å². The second kappa shape index (κ2) is 9.21. The van der Waals surface area contributed by atoms with Crippen LogP contribution in [0.1, 0.15) is 5.56 Å². The van der Waals surface area contributed by atoms with Crippen molar-refractivity contribution < 1.29 is 13.6 Å². The number of fused-ring (bicyclic) bond motifs is 1. The van der Waals surface area contributed by atoms with Crippen molar-refractivity contribution in [3.63, 3.8) is 0 Å². The molecule has 0 fully saturated rings. The fourth-order valence-corrected chi connectivity index (χ4v) is 3.53. The summed E-state index contributed by atoms with van der Waals surface area (Å²) in [5.74, 6) is -0.790. The van der Waals surface area contributed by atoms with Crippen LogP contribution in [-0.4, -0.2) is 43.0 Å². The molecule has 2 aromatic carbocycles. The topological polar surface area (TPSA) is 36.4 Å². The van der Waals surface area contributed by atoms with Crippen molar-refractivity contribution in [2.45, 2.75) is 6.42 Å². The molecular formula is C19H20ClF2N3OS. The van der Waals surface area contributed by atoms with Gasteiger partial charge in [-0.25, -0.2) is 13.8 Å². The summed E-state index contributed by atoms with van der Waals surface area (Å²) in [6.45, 7) is 1.13. The van der Waals surface area contributed by atoms with E-state index in [9.17, 15) is 13.6 Å². The molecule has 8 heteroatoms. The van der Waals surface area contributed by atoms with Gasteiger partial charge in [0.1, 0.15) is 11.6 Å². The monoisotopic (exact) mass is 411 g/mol. The summed E-state index contributed by atoms with van der Waals surface area (Å²) < 4.78 is 27.2. The zero-order valence-corrected chi connectivity index (χ0v) is 16.6. The van der Waals surface area contributed by atoms with E-state index in [1.165, 1.54) is 35.6 Å². The lowest BCUT2D eigenvalue weighted by Crippen LogP contribution is -2.37. The molecule has 1 amide bonds. The molecule has 27 heavy (non-hydrogen) atoms. The quantitative estimate of drug-likeness (QED) is 0.611. The van der Waals surface area contributed by atoms with Crippen LogP contribution in [-0.2, 0) is 11.2 Å². The minimum Gasteiger partial charge on any atom is -0.308 e. The van der Waals surface area contributed by atoms with Crippen LogP contribution in [0.3, 0.4) is 0 Å². The lowest BCUT2D eigenvalue weighted by Gasteiger charge is -2.22. The number of hydrogen-bond acceptors (Lipinski definition) is 4. The number of rotatable bonds is 6. The summed E-state index contributed by atoms with van der Waals surface area (Å²) in [4.78, 5) is 20.9. The Labute approximate surface area is 166 Å². The van der Waals surface area contributed by atoms with Gasteiger partial charge in [-0.15, -0.1) is 12.4 Å². The number of thiazole rings is 1. The van der Waals surface area contributed by atoms with Crippen LogP contribution < -0.4 is 4.90 Å². The first kappa shape index (κ1) is 21.2. The molecule has 0 saturated carbocycles. The molecule has 0 aliphatic rings. The standard InChI is InChI=1S/C19H19F2N3OS.ClH/c1-23(2)9-10-24(18(25)11-13-3-5-14(20)6-4-13)19-22-16-8-7-15(21)12-17(16)26-19;/h3-8,12H,9-11H2,1-2H3;1H. The number of carbonyl (C=O) groups excluding carboxylic acids is 1. The molecule has 0 spiro atoms. The van der Waals surface area contributed by atoms with Crippen molar-refractivity contribution in [2.24, 2.45) is 0 Å². The Bertz CT molecular complexity index is 915. The van der Waals surface area contributed by atoms with Gasteiger partial charge < -0.3 is 4.90 Å². The minimum atomic E-state index is -0.334. The van der Waals surface area contributed by atoms with Crippen molar-refractivity contribution in [3.05, 3.63) is 59.7 Å². The number of carbonyl (C=O) groups is 1. The smallest absolute Gasteiger partial charge is 0.233 e. The van der Waals surface area contributed by atoms with Crippen LogP contribution in [0.15, 0.2) is 42.5 Å². The summed E-state index contributed by atoms with van der Waals surface area (Å²) in [5.41, 5.74) is 1.40. The van der Waals surface area contributed by atoms with E-state index in [4.69, 9.17) is 0 Å². The molecule has 1 heterocycles. The lowest BCUT2D eigenvalue weighted by molar-refractivity contribution is -0.118. The van der Waals surface area contributed by atoms with Gasteiger partial charge in [0, 0.05) is 13.1 Å². The van der Waals surface area contributed by atoms with E-state index in [-0.39, 0.29) is 36.4 Å². The Morgan fingerprint density at radius 2 is 1.70 bits per heavy atom. The van der Waals surface area contributed by atoms with E-state index in [1.54, 1.807) is 23.1 Å². The molecular weight excluding hydrogens is 392 g/mol. The SMILES string of the molecule is CN(C)CCN(C(=O)Cc1ccc(F)cc1)c1nc2ccc(F)cc2s1.Cl. The number of anilines is 1. The largest absolute Gasteiger partial charge is 0.308 e. The zero-order chi connectivity index (χ0) is 18.7. The maximum atomic E-state index is 13.4. The third-order valence-electron chi connectivity index (χ3n) is 3.91. The average molecular weight is 412 g/mol. The molecule has 0 saturated heterocycles. The van der Waals surface area contributed by atoms with Gasteiger partial charge in [-0.2, -0.15) is 0 Å². The maximum Gasteiger partial charge on any atom is 0.233 e. The van der Waals surface area contributed by atoms with Gasteiger partial charge in [-0.1, -0.05) is 23.5 Å². The Hall–Kier alpha value is -2.09. The fourth-order valence-electron chi connectivity index (χ4n) is 2.50. The summed E-state index contributed by atoms with van der Waals surface area (Å²) in [7, 11) is 3.85. The summed E-state index contributed by atoms with van der Waals surface area (Å²) >= 11 is 1.29. The van der Waals surface area contributed by atoms with Crippen LogP contribution in [0, 0.1) is 11.6 Å². The van der Waals surface area contributed by atoms with Crippen molar-refractivity contribution in [2.75, 3.05) is 32.1 Å². The van der Waals surface area contributed by atoms with Crippen molar-refractivity contribution in [3.8, 4) is 0 Å². The zero-order valence-electron chi connectivity index (χ0n) is 15.0. The highest BCUT2D eigenvalue weighted by atomic mass is 35.5. The van der Waals surface area contributed by atoms with E-state index in [1.807, 2.05) is 19.0 Å². The van der Waals surface area contributed by atoms with E-state index in [0.717, 1.165) is 5.56 Å². The van der Waals surface area contributed by atoms with Crippen molar-refractivity contribution in [1.82, 2.24) is 9.88 Å². The first-order valence-electron chi connectivity index (χ1n) is 8.18. The molecule has 4 nitrogen and oxygen atoms in total. The van der Waals surface area contributed by atoms with Gasteiger partial charge in [-0.3, -0.25) is 9.69 Å². The van der Waals surface area contributed by atoms with Crippen LogP contribution in [0.5, 0.6) is 0 Å². The Kier molecular flexibility index (Phi) is 7.24. The number of nitrogens with zero attached hydrogens (tertiary/aromatic N) is 3. The van der Waals surface area contributed by atoms with Crippen LogP contribution in [0.25, 0.3) is 10.2 Å². The third kappa shape index (κ3) is 5.45. The number of likely N-dealkylation sites (N-methyl/N-ethyl adjacent to an activating group) is 1. The summed E-state index contributed by atoms with van der Waals surface area (Å²) in [5, 5.41) is 0.541. The molecule has 0 aliphatic heterocycles. The Balaban J connectivity index is 0.00000261. The van der Waals surface area contributed by atoms with Gasteiger partial charge in [0.2, 0.25) is 5.91 Å². The van der Waals surface area contributed by atoms with Crippen LogP contribution in [0.4, 0.5) is 13.9 Å². The number of amides is 1. The molecule has 144 valence electrons. The fraction of sp³-hybridized carbons (Fsp3) is 0.263. The highest BCUT2D eigenvalue weighted by molar-refractivity contribution is 7.22. The average Bonchev–Trinajstić information content (AvgIpc) is 2.99. The van der Waals surface area contributed by atoms with Gasteiger partial charge >= 0.3 is 0 Å². The number of halogens is 3. The second-order valence-corrected chi connectivity index (χ2v) is 7.27. The highest BCUT2D eigenvalue weighted by Crippen LogP contribution is 2.29. The summed E-state index contributed by atoms with van der Waals surface area (Å²) in [6.07, 6.45) is 0.151. The van der Waals surface area contributed by atoms with E-state index >= 15 is 0 Å². The molecule has 0 atom stereocenters. The highest BCUT2D eigenvalue weighted by Gasteiger charge is 2.20. The van der Waals surface area contributed by atoms with E-state index < -0.39 is 0 Å². The number of benzene rings is 2. The molecule has 0 aliphatic carbocycles. The van der Waals surface area contributed by atoms with Gasteiger partial charge in [0.05, 0.1) is 16.6 Å². The molecule has 1 aromatic heterocycles. The first-order valence-corrected chi connectivity index (χ1v) is 8.99. The predicted molar refractivity (Wildman–Crippen MR) is 108 cm³/mol. The number of aromatic nitrogens is 1. The van der Waals surface area contributed by atoms with Crippen LogP contribution >= 0.6 is 23.7 Å². The Morgan fingerprint density at radius 3 is 2.37 bits per heavy atom. The molecule has 0 bridgehead atoms. The lowest BCUT2D eigenvalue weighted by atomic mass is 10.1. The predicted octanol–water partition coefficient (Wildman–Crippen LogP) is 4.13.